The molecule has 1 N–H and O–H groups in total. The van der Waals surface area contributed by atoms with E-state index >= 15 is 0 Å². The van der Waals surface area contributed by atoms with Gasteiger partial charge in [0.25, 0.3) is 0 Å². The Morgan fingerprint density at radius 1 is 1.39 bits per heavy atom. The van der Waals surface area contributed by atoms with E-state index in [1.165, 1.54) is 6.33 Å². The standard InChI is InChI=1S/C12H11N5O/c13-2-7-3-14-11-10(7)12(16-6-15-11)17-4-8-1-9(5-17)18-8/h3,6,8-9H,1,4-5H2,(H,14,15,16). The maximum atomic E-state index is 9.14. The molecule has 3 aliphatic rings. The van der Waals surface area contributed by atoms with Crippen LogP contribution in [-0.2, 0) is 4.74 Å². The number of H-pyrrole nitrogens is 1. The minimum Gasteiger partial charge on any atom is -0.371 e. The molecule has 0 aromatic carbocycles. The van der Waals surface area contributed by atoms with Gasteiger partial charge < -0.3 is 14.6 Å². The number of morpholine rings is 1. The molecule has 5 heterocycles. The van der Waals surface area contributed by atoms with E-state index in [1.807, 2.05) is 0 Å². The molecule has 2 bridgehead atoms. The van der Waals surface area contributed by atoms with Crippen molar-refractivity contribution < 1.29 is 4.74 Å². The van der Waals surface area contributed by atoms with Crippen molar-refractivity contribution >= 4 is 16.9 Å². The highest BCUT2D eigenvalue weighted by Gasteiger charge is 2.39. The first-order chi connectivity index (χ1) is 8.85. The quantitative estimate of drug-likeness (QED) is 0.799. The normalized spacial score (nSPS) is 25.8. The molecule has 90 valence electrons. The molecule has 2 unspecified atom stereocenters. The summed E-state index contributed by atoms with van der Waals surface area (Å²) in [4.78, 5) is 13.7. The van der Waals surface area contributed by atoms with Crippen LogP contribution in [0, 0.1) is 11.3 Å². The van der Waals surface area contributed by atoms with Crippen LogP contribution in [0.5, 0.6) is 0 Å². The van der Waals surface area contributed by atoms with Gasteiger partial charge in [-0.15, -0.1) is 0 Å². The molecule has 0 saturated carbocycles. The first kappa shape index (κ1) is 9.85. The number of fused-ring (bicyclic) bond motifs is 3. The number of aromatic nitrogens is 3. The third-order valence-electron chi connectivity index (χ3n) is 3.63. The van der Waals surface area contributed by atoms with Gasteiger partial charge in [-0.25, -0.2) is 9.97 Å². The van der Waals surface area contributed by atoms with Crippen molar-refractivity contribution in [3.05, 3.63) is 18.1 Å². The van der Waals surface area contributed by atoms with E-state index in [9.17, 15) is 0 Å². The zero-order valence-corrected chi connectivity index (χ0v) is 9.63. The predicted molar refractivity (Wildman–Crippen MR) is 64.1 cm³/mol. The molecule has 2 aromatic heterocycles. The zero-order chi connectivity index (χ0) is 12.1. The van der Waals surface area contributed by atoms with Gasteiger partial charge >= 0.3 is 0 Å². The molecule has 3 fully saturated rings. The Morgan fingerprint density at radius 3 is 2.89 bits per heavy atom. The van der Waals surface area contributed by atoms with E-state index in [0.29, 0.717) is 17.8 Å². The van der Waals surface area contributed by atoms with Gasteiger partial charge in [-0.05, 0) is 0 Å². The molecule has 3 saturated heterocycles. The summed E-state index contributed by atoms with van der Waals surface area (Å²) in [5.74, 6) is 0.843. The first-order valence-electron chi connectivity index (χ1n) is 5.98. The summed E-state index contributed by atoms with van der Waals surface area (Å²) in [6.45, 7) is 1.69. The first-order valence-corrected chi connectivity index (χ1v) is 5.98. The van der Waals surface area contributed by atoms with Crippen LogP contribution in [0.1, 0.15) is 12.0 Å². The van der Waals surface area contributed by atoms with Gasteiger partial charge in [0.05, 0.1) is 23.2 Å². The molecular formula is C12H11N5O. The van der Waals surface area contributed by atoms with E-state index in [-0.39, 0.29) is 0 Å². The third kappa shape index (κ3) is 1.25. The number of hydrogen-bond acceptors (Lipinski definition) is 5. The van der Waals surface area contributed by atoms with Crippen molar-refractivity contribution in [3.63, 3.8) is 0 Å². The van der Waals surface area contributed by atoms with Crippen molar-refractivity contribution in [1.29, 1.82) is 5.26 Å². The monoisotopic (exact) mass is 241 g/mol. The zero-order valence-electron chi connectivity index (χ0n) is 9.63. The lowest BCUT2D eigenvalue weighted by Gasteiger charge is -2.47. The number of nitrogens with zero attached hydrogens (tertiary/aromatic N) is 4. The fourth-order valence-electron chi connectivity index (χ4n) is 2.80. The third-order valence-corrected chi connectivity index (χ3v) is 3.63. The molecule has 0 aliphatic carbocycles. The summed E-state index contributed by atoms with van der Waals surface area (Å²) in [6.07, 6.45) is 5.00. The topological polar surface area (TPSA) is 77.8 Å². The predicted octanol–water partition coefficient (Wildman–Crippen LogP) is 0.807. The van der Waals surface area contributed by atoms with Gasteiger partial charge in [0.15, 0.2) is 0 Å². The van der Waals surface area contributed by atoms with E-state index < -0.39 is 0 Å². The Labute approximate surface area is 103 Å². The highest BCUT2D eigenvalue weighted by molar-refractivity contribution is 5.92. The van der Waals surface area contributed by atoms with Crippen molar-refractivity contribution in [2.45, 2.75) is 18.6 Å². The Hall–Kier alpha value is -2.13. The number of nitriles is 1. The van der Waals surface area contributed by atoms with Crippen LogP contribution < -0.4 is 4.90 Å². The molecule has 3 aliphatic heterocycles. The van der Waals surface area contributed by atoms with E-state index in [2.05, 4.69) is 25.9 Å². The van der Waals surface area contributed by atoms with Gasteiger partial charge in [-0.2, -0.15) is 5.26 Å². The van der Waals surface area contributed by atoms with Crippen molar-refractivity contribution in [2.24, 2.45) is 0 Å². The molecule has 0 radical (unpaired) electrons. The van der Waals surface area contributed by atoms with Crippen LogP contribution in [0.15, 0.2) is 12.5 Å². The second-order valence-corrected chi connectivity index (χ2v) is 4.76. The Morgan fingerprint density at radius 2 is 2.17 bits per heavy atom. The van der Waals surface area contributed by atoms with E-state index in [0.717, 1.165) is 36.4 Å². The molecule has 5 rings (SSSR count). The van der Waals surface area contributed by atoms with Gasteiger partial charge in [0, 0.05) is 25.7 Å². The average Bonchev–Trinajstić information content (AvgIpc) is 2.81. The van der Waals surface area contributed by atoms with Crippen molar-refractivity contribution in [1.82, 2.24) is 15.0 Å². The number of aromatic amines is 1. The molecular weight excluding hydrogens is 230 g/mol. The highest BCUT2D eigenvalue weighted by Crippen LogP contribution is 2.33. The van der Waals surface area contributed by atoms with Gasteiger partial charge in [0.1, 0.15) is 23.9 Å². The SMILES string of the molecule is N#Cc1c[nH]c2ncnc(N3CC4CC(C3)O4)c12. The van der Waals surface area contributed by atoms with Crippen LogP contribution in [0.25, 0.3) is 11.0 Å². The van der Waals surface area contributed by atoms with E-state index in [4.69, 9.17) is 10.00 Å². The maximum Gasteiger partial charge on any atom is 0.144 e. The number of nitrogens with one attached hydrogen (secondary N) is 1. The van der Waals surface area contributed by atoms with Gasteiger partial charge in [-0.1, -0.05) is 0 Å². The molecule has 6 nitrogen and oxygen atoms in total. The van der Waals surface area contributed by atoms with E-state index in [1.54, 1.807) is 6.20 Å². The van der Waals surface area contributed by atoms with Gasteiger partial charge in [-0.3, -0.25) is 0 Å². The second-order valence-electron chi connectivity index (χ2n) is 4.76. The average molecular weight is 241 g/mol. The fourth-order valence-corrected chi connectivity index (χ4v) is 2.80. The van der Waals surface area contributed by atoms with Crippen LogP contribution in [0.3, 0.4) is 0 Å². The van der Waals surface area contributed by atoms with Crippen molar-refractivity contribution in [2.75, 3.05) is 18.0 Å². The smallest absolute Gasteiger partial charge is 0.144 e. The highest BCUT2D eigenvalue weighted by atomic mass is 16.5. The van der Waals surface area contributed by atoms with Crippen molar-refractivity contribution in [3.8, 4) is 6.07 Å². The lowest BCUT2D eigenvalue weighted by atomic mass is 9.98. The summed E-state index contributed by atoms with van der Waals surface area (Å²) in [7, 11) is 0. The summed E-state index contributed by atoms with van der Waals surface area (Å²) in [6, 6.07) is 2.18. The maximum absolute atomic E-state index is 9.14. The number of hydrogen-bond donors (Lipinski definition) is 1. The minimum atomic E-state index is 0.318. The fraction of sp³-hybridized carbons (Fsp3) is 0.417. The lowest BCUT2D eigenvalue weighted by molar-refractivity contribution is -0.133. The molecule has 2 atom stereocenters. The summed E-state index contributed by atoms with van der Waals surface area (Å²) >= 11 is 0. The lowest BCUT2D eigenvalue weighted by Crippen LogP contribution is -2.57. The molecule has 0 amide bonds. The van der Waals surface area contributed by atoms with Crippen LogP contribution in [-0.4, -0.2) is 40.2 Å². The van der Waals surface area contributed by atoms with Crippen LogP contribution in [0.4, 0.5) is 5.82 Å². The molecule has 2 aromatic rings. The Kier molecular flexibility index (Phi) is 1.88. The molecule has 18 heavy (non-hydrogen) atoms. The largest absolute Gasteiger partial charge is 0.371 e. The summed E-state index contributed by atoms with van der Waals surface area (Å²) in [5.41, 5.74) is 1.32. The molecule has 6 heteroatoms. The van der Waals surface area contributed by atoms with Gasteiger partial charge in [0.2, 0.25) is 0 Å². The summed E-state index contributed by atoms with van der Waals surface area (Å²) < 4.78 is 5.62. The van der Waals surface area contributed by atoms with Crippen LogP contribution >= 0.6 is 0 Å². The summed E-state index contributed by atoms with van der Waals surface area (Å²) in [5, 5.41) is 9.96. The minimum absolute atomic E-state index is 0.318. The number of anilines is 1. The number of rotatable bonds is 1. The Balaban J connectivity index is 1.84. The van der Waals surface area contributed by atoms with Crippen LogP contribution in [0.2, 0.25) is 0 Å². The molecule has 0 spiro atoms. The number of piperidine rings is 1. The second kappa shape index (κ2) is 3.43. The number of ether oxygens (including phenoxy) is 1. The Bertz CT molecular complexity index is 642.